The molecule has 9 heteroatoms. The molecule has 1 amide bonds. The van der Waals surface area contributed by atoms with Crippen molar-refractivity contribution >= 4 is 17.9 Å². The molecule has 0 spiro atoms. The lowest BCUT2D eigenvalue weighted by Crippen LogP contribution is -2.56. The van der Waals surface area contributed by atoms with E-state index in [1.54, 1.807) is 4.90 Å². The molecule has 1 aromatic rings. The number of hydrogen-bond acceptors (Lipinski definition) is 7. The third-order valence-corrected chi connectivity index (χ3v) is 3.17. The van der Waals surface area contributed by atoms with Gasteiger partial charge in [0.25, 0.3) is 0 Å². The average Bonchev–Trinajstić information content (AvgIpc) is 2.87. The summed E-state index contributed by atoms with van der Waals surface area (Å²) in [4.78, 5) is 24.7. The molecule has 116 valence electrons. The molecule has 0 saturated carbocycles. The number of amides is 1. The number of rotatable bonds is 5. The zero-order valence-electron chi connectivity index (χ0n) is 12.0. The molecule has 2 heterocycles. The van der Waals surface area contributed by atoms with Gasteiger partial charge in [-0.25, -0.2) is 0 Å². The maximum atomic E-state index is 11.9. The number of carbonyl (C=O) groups is 2. The predicted octanol–water partition coefficient (Wildman–Crippen LogP) is -0.510. The number of piperazine rings is 1. The first kappa shape index (κ1) is 15.4. The van der Waals surface area contributed by atoms with Gasteiger partial charge >= 0.3 is 12.0 Å². The van der Waals surface area contributed by atoms with Gasteiger partial charge < -0.3 is 14.8 Å². The summed E-state index contributed by atoms with van der Waals surface area (Å²) in [5.41, 5.74) is 0. The van der Waals surface area contributed by atoms with Crippen molar-refractivity contribution in [3.8, 4) is 0 Å². The van der Waals surface area contributed by atoms with Crippen molar-refractivity contribution in [2.45, 2.75) is 25.8 Å². The first-order chi connectivity index (χ1) is 9.97. The van der Waals surface area contributed by atoms with Crippen LogP contribution in [0.1, 0.15) is 25.7 Å². The van der Waals surface area contributed by atoms with Crippen LogP contribution in [0.25, 0.3) is 0 Å². The van der Waals surface area contributed by atoms with Crippen LogP contribution in [0, 0.1) is 0 Å². The predicted molar refractivity (Wildman–Crippen MR) is 72.9 cm³/mol. The van der Waals surface area contributed by atoms with Gasteiger partial charge in [-0.15, -0.1) is 5.10 Å². The highest BCUT2D eigenvalue weighted by atomic mass is 16.4. The van der Waals surface area contributed by atoms with Crippen molar-refractivity contribution in [1.29, 1.82) is 0 Å². The molecule has 9 nitrogen and oxygen atoms in total. The highest BCUT2D eigenvalue weighted by Gasteiger charge is 2.29. The van der Waals surface area contributed by atoms with Crippen molar-refractivity contribution in [3.63, 3.8) is 0 Å². The van der Waals surface area contributed by atoms with Gasteiger partial charge in [0.2, 0.25) is 11.8 Å². The highest BCUT2D eigenvalue weighted by molar-refractivity contribution is 5.90. The lowest BCUT2D eigenvalue weighted by Gasteiger charge is -2.32. The van der Waals surface area contributed by atoms with Gasteiger partial charge in [-0.2, -0.15) is 0 Å². The molecular weight excluding hydrogens is 278 g/mol. The Kier molecular flexibility index (Phi) is 4.86. The first-order valence-electron chi connectivity index (χ1n) is 6.78. The summed E-state index contributed by atoms with van der Waals surface area (Å²) in [5, 5.41) is 22.1. The SMILES string of the molecule is CC(C)c1nnc(NC(=O)CN2CCNCC2C(=O)O)o1. The topological polar surface area (TPSA) is 121 Å². The number of aromatic nitrogens is 2. The summed E-state index contributed by atoms with van der Waals surface area (Å²) in [6, 6.07) is -0.677. The number of nitrogens with zero attached hydrogens (tertiary/aromatic N) is 3. The zero-order chi connectivity index (χ0) is 15.4. The Morgan fingerprint density at radius 2 is 2.29 bits per heavy atom. The normalized spacial score (nSPS) is 19.7. The molecule has 1 saturated heterocycles. The summed E-state index contributed by atoms with van der Waals surface area (Å²) >= 11 is 0. The second-order valence-corrected chi connectivity index (χ2v) is 5.18. The van der Waals surface area contributed by atoms with E-state index in [0.29, 0.717) is 25.5 Å². The Morgan fingerprint density at radius 3 is 2.90 bits per heavy atom. The Hall–Kier alpha value is -2.00. The van der Waals surface area contributed by atoms with Crippen LogP contribution in [0.3, 0.4) is 0 Å². The van der Waals surface area contributed by atoms with Crippen molar-refractivity contribution in [2.24, 2.45) is 0 Å². The molecule has 3 N–H and O–H groups in total. The molecule has 1 aliphatic heterocycles. The number of aliphatic carboxylic acids is 1. The standard InChI is InChI=1S/C12H19N5O4/c1-7(2)10-15-16-12(21-10)14-9(18)6-17-4-3-13-5-8(17)11(19)20/h7-8,13H,3-6H2,1-2H3,(H,19,20)(H,14,16,18). The van der Waals surface area contributed by atoms with Crippen molar-refractivity contribution in [2.75, 3.05) is 31.5 Å². The largest absolute Gasteiger partial charge is 0.480 e. The number of carboxylic acid groups (broad SMARTS) is 1. The molecule has 21 heavy (non-hydrogen) atoms. The number of carboxylic acids is 1. The summed E-state index contributed by atoms with van der Waals surface area (Å²) < 4.78 is 5.28. The van der Waals surface area contributed by atoms with Crippen molar-refractivity contribution < 1.29 is 19.1 Å². The maximum absolute atomic E-state index is 11.9. The van der Waals surface area contributed by atoms with E-state index in [2.05, 4.69) is 20.8 Å². The number of nitrogens with one attached hydrogen (secondary N) is 2. The van der Waals surface area contributed by atoms with Gasteiger partial charge in [-0.1, -0.05) is 18.9 Å². The van der Waals surface area contributed by atoms with Crippen LogP contribution >= 0.6 is 0 Å². The van der Waals surface area contributed by atoms with Crippen LogP contribution in [0.2, 0.25) is 0 Å². The maximum Gasteiger partial charge on any atom is 0.322 e. The van der Waals surface area contributed by atoms with E-state index >= 15 is 0 Å². The summed E-state index contributed by atoms with van der Waals surface area (Å²) in [7, 11) is 0. The van der Waals surface area contributed by atoms with E-state index in [9.17, 15) is 9.59 Å². The van der Waals surface area contributed by atoms with E-state index in [0.717, 1.165) is 0 Å². The molecule has 2 rings (SSSR count). The van der Waals surface area contributed by atoms with Crippen LogP contribution in [-0.2, 0) is 9.59 Å². The average molecular weight is 297 g/mol. The van der Waals surface area contributed by atoms with Crippen LogP contribution in [0.15, 0.2) is 4.42 Å². The van der Waals surface area contributed by atoms with Gasteiger partial charge in [-0.3, -0.25) is 19.8 Å². The molecule has 0 radical (unpaired) electrons. The van der Waals surface area contributed by atoms with E-state index in [4.69, 9.17) is 9.52 Å². The molecule has 0 aliphatic carbocycles. The molecular formula is C12H19N5O4. The summed E-state index contributed by atoms with van der Waals surface area (Å²) in [6.45, 7) is 5.23. The fourth-order valence-electron chi connectivity index (χ4n) is 2.04. The smallest absolute Gasteiger partial charge is 0.322 e. The molecule has 0 aromatic carbocycles. The van der Waals surface area contributed by atoms with Crippen LogP contribution in [0.5, 0.6) is 0 Å². The van der Waals surface area contributed by atoms with E-state index in [1.165, 1.54) is 0 Å². The lowest BCUT2D eigenvalue weighted by molar-refractivity contribution is -0.144. The monoisotopic (exact) mass is 297 g/mol. The number of anilines is 1. The van der Waals surface area contributed by atoms with Crippen molar-refractivity contribution in [3.05, 3.63) is 5.89 Å². The Morgan fingerprint density at radius 1 is 1.52 bits per heavy atom. The van der Waals surface area contributed by atoms with E-state index in [-0.39, 0.29) is 24.4 Å². The Labute approximate surface area is 121 Å². The number of carbonyl (C=O) groups excluding carboxylic acids is 1. The second-order valence-electron chi connectivity index (χ2n) is 5.18. The third-order valence-electron chi connectivity index (χ3n) is 3.17. The minimum absolute atomic E-state index is 0.0297. The molecule has 1 aromatic heterocycles. The minimum atomic E-state index is -0.949. The second kappa shape index (κ2) is 6.64. The van der Waals surface area contributed by atoms with Crippen molar-refractivity contribution in [1.82, 2.24) is 20.4 Å². The fourth-order valence-corrected chi connectivity index (χ4v) is 2.04. The van der Waals surface area contributed by atoms with Crippen LogP contribution < -0.4 is 10.6 Å². The molecule has 1 unspecified atom stereocenters. The van der Waals surface area contributed by atoms with Gasteiger partial charge in [0.05, 0.1) is 6.54 Å². The van der Waals surface area contributed by atoms with Gasteiger partial charge in [0.1, 0.15) is 6.04 Å². The Bertz CT molecular complexity index is 516. The lowest BCUT2D eigenvalue weighted by atomic mass is 10.2. The molecule has 1 atom stereocenters. The van der Waals surface area contributed by atoms with E-state index in [1.807, 2.05) is 13.8 Å². The first-order valence-corrected chi connectivity index (χ1v) is 6.78. The van der Waals surface area contributed by atoms with Crippen LogP contribution in [-0.4, -0.2) is 64.3 Å². The molecule has 0 bridgehead atoms. The molecule has 1 aliphatic rings. The zero-order valence-corrected chi connectivity index (χ0v) is 12.0. The number of hydrogen-bond donors (Lipinski definition) is 3. The van der Waals surface area contributed by atoms with E-state index < -0.39 is 12.0 Å². The van der Waals surface area contributed by atoms with Gasteiger partial charge in [-0.05, 0) is 0 Å². The Balaban J connectivity index is 1.92. The third kappa shape index (κ3) is 3.99. The minimum Gasteiger partial charge on any atom is -0.480 e. The van der Waals surface area contributed by atoms with Crippen LogP contribution in [0.4, 0.5) is 6.01 Å². The summed E-state index contributed by atoms with van der Waals surface area (Å²) in [5.74, 6) is -0.805. The summed E-state index contributed by atoms with van der Waals surface area (Å²) in [6.07, 6.45) is 0. The van der Waals surface area contributed by atoms with Gasteiger partial charge in [0, 0.05) is 25.6 Å². The quantitative estimate of drug-likeness (QED) is 0.664. The van der Waals surface area contributed by atoms with Gasteiger partial charge in [0.15, 0.2) is 0 Å². The fraction of sp³-hybridized carbons (Fsp3) is 0.667. The molecule has 1 fully saturated rings. The highest BCUT2D eigenvalue weighted by Crippen LogP contribution is 2.14.